The number of hydrogen-bond donors (Lipinski definition) is 2. The molecule has 0 bridgehead atoms. The second-order valence-corrected chi connectivity index (χ2v) is 9.91. The molecule has 12 heteroatoms. The van der Waals surface area contributed by atoms with Crippen LogP contribution in [0.1, 0.15) is 17.3 Å². The molecule has 2 N–H and O–H groups in total. The number of amides is 1. The number of nitrogens with zero attached hydrogens (tertiary/aromatic N) is 5. The van der Waals surface area contributed by atoms with Crippen LogP contribution in [0.2, 0.25) is 0 Å². The Hall–Kier alpha value is -5.36. The highest BCUT2D eigenvalue weighted by Crippen LogP contribution is 2.31. The number of pyridine rings is 2. The van der Waals surface area contributed by atoms with Crippen molar-refractivity contribution in [2.45, 2.75) is 13.5 Å². The van der Waals surface area contributed by atoms with Gasteiger partial charge >= 0.3 is 5.69 Å². The van der Waals surface area contributed by atoms with Crippen molar-refractivity contribution in [1.29, 1.82) is 0 Å². The molecule has 0 atom stereocenters. The van der Waals surface area contributed by atoms with E-state index in [0.29, 0.717) is 22.7 Å². The summed E-state index contributed by atoms with van der Waals surface area (Å²) in [4.78, 5) is 50.5. The second kappa shape index (κ2) is 11.9. The molecule has 3 aromatic heterocycles. The van der Waals surface area contributed by atoms with Gasteiger partial charge in [-0.3, -0.25) is 19.1 Å². The van der Waals surface area contributed by atoms with Crippen LogP contribution in [0.4, 0.5) is 15.9 Å². The molecule has 1 fully saturated rings. The van der Waals surface area contributed by atoms with E-state index in [0.717, 1.165) is 54.1 Å². The van der Waals surface area contributed by atoms with Crippen LogP contribution in [0.3, 0.4) is 0 Å². The van der Waals surface area contributed by atoms with Gasteiger partial charge in [0, 0.05) is 56.2 Å². The summed E-state index contributed by atoms with van der Waals surface area (Å²) in [6, 6.07) is 15.4. The minimum atomic E-state index is -0.807. The van der Waals surface area contributed by atoms with Crippen molar-refractivity contribution >= 4 is 28.3 Å². The van der Waals surface area contributed by atoms with E-state index in [1.54, 1.807) is 49.6 Å². The summed E-state index contributed by atoms with van der Waals surface area (Å²) in [7, 11) is 0. The molecular weight excluding hydrogens is 553 g/mol. The topological polar surface area (TPSA) is 123 Å². The maximum absolute atomic E-state index is 13.5. The highest BCUT2D eigenvalue weighted by molar-refractivity contribution is 6.03. The Morgan fingerprint density at radius 2 is 1.77 bits per heavy atom. The molecule has 0 spiro atoms. The molecule has 4 heterocycles. The fourth-order valence-corrected chi connectivity index (χ4v) is 4.90. The first kappa shape index (κ1) is 27.8. The van der Waals surface area contributed by atoms with Crippen LogP contribution in [0.5, 0.6) is 11.5 Å². The zero-order valence-electron chi connectivity index (χ0n) is 23.3. The van der Waals surface area contributed by atoms with E-state index in [1.807, 2.05) is 6.07 Å². The van der Waals surface area contributed by atoms with Gasteiger partial charge in [0.2, 0.25) is 0 Å². The van der Waals surface area contributed by atoms with Gasteiger partial charge in [0.05, 0.1) is 17.4 Å². The number of nitrogens with one attached hydrogen (secondary N) is 2. The number of hydrogen-bond acceptors (Lipinski definition) is 8. The minimum Gasteiger partial charge on any atom is -0.457 e. The van der Waals surface area contributed by atoms with E-state index in [2.05, 4.69) is 25.5 Å². The number of halogens is 1. The SMILES string of the molecule is CCn1cc(C(=O)Nc2ccc(Oc3ccnc4cnc(N5CCNCC5)cc34)cc2)c(=O)n(-c2ccc(F)cc2)c1=O. The van der Waals surface area contributed by atoms with Crippen molar-refractivity contribution in [3.05, 3.63) is 111 Å². The lowest BCUT2D eigenvalue weighted by Crippen LogP contribution is -2.43. The predicted octanol–water partition coefficient (Wildman–Crippen LogP) is 3.56. The predicted molar refractivity (Wildman–Crippen MR) is 161 cm³/mol. The van der Waals surface area contributed by atoms with E-state index in [9.17, 15) is 18.8 Å². The number of carbonyl (C=O) groups excluding carboxylic acids is 1. The first-order chi connectivity index (χ1) is 20.9. The van der Waals surface area contributed by atoms with Crippen LogP contribution < -0.4 is 31.5 Å². The average molecular weight is 582 g/mol. The van der Waals surface area contributed by atoms with E-state index in [1.165, 1.54) is 22.9 Å². The van der Waals surface area contributed by atoms with Gasteiger partial charge in [-0.25, -0.2) is 18.7 Å². The van der Waals surface area contributed by atoms with Gasteiger partial charge in [0.25, 0.3) is 11.5 Å². The number of piperazine rings is 1. The largest absolute Gasteiger partial charge is 0.457 e. The summed E-state index contributed by atoms with van der Waals surface area (Å²) in [6.07, 6.45) is 4.63. The molecule has 0 saturated carbocycles. The van der Waals surface area contributed by atoms with E-state index in [-0.39, 0.29) is 17.8 Å². The molecule has 1 amide bonds. The Morgan fingerprint density at radius 1 is 1.02 bits per heavy atom. The Morgan fingerprint density at radius 3 is 2.49 bits per heavy atom. The summed E-state index contributed by atoms with van der Waals surface area (Å²) in [5.74, 6) is 0.804. The van der Waals surface area contributed by atoms with Crippen LogP contribution in [-0.4, -0.2) is 51.2 Å². The maximum Gasteiger partial charge on any atom is 0.335 e. The van der Waals surface area contributed by atoms with Crippen LogP contribution >= 0.6 is 0 Å². The number of fused-ring (bicyclic) bond motifs is 1. The number of rotatable bonds is 7. The highest BCUT2D eigenvalue weighted by Gasteiger charge is 2.19. The van der Waals surface area contributed by atoms with E-state index in [4.69, 9.17) is 4.74 Å². The number of aryl methyl sites for hydroxylation is 1. The molecular formula is C31H28FN7O4. The van der Waals surface area contributed by atoms with Gasteiger partial charge in [0.15, 0.2) is 0 Å². The molecule has 6 rings (SSSR count). The highest BCUT2D eigenvalue weighted by atomic mass is 19.1. The van der Waals surface area contributed by atoms with Crippen molar-refractivity contribution < 1.29 is 13.9 Å². The molecule has 1 aliphatic heterocycles. The quantitative estimate of drug-likeness (QED) is 0.299. The van der Waals surface area contributed by atoms with Crippen molar-refractivity contribution in [2.24, 2.45) is 0 Å². The third-order valence-corrected chi connectivity index (χ3v) is 7.18. The maximum atomic E-state index is 13.5. The molecule has 5 aromatic rings. The first-order valence-electron chi connectivity index (χ1n) is 13.8. The summed E-state index contributed by atoms with van der Waals surface area (Å²) in [5, 5.41) is 6.87. The van der Waals surface area contributed by atoms with Gasteiger partial charge in [-0.15, -0.1) is 0 Å². The third kappa shape index (κ3) is 5.72. The van der Waals surface area contributed by atoms with E-state index < -0.39 is 23.0 Å². The third-order valence-electron chi connectivity index (χ3n) is 7.18. The van der Waals surface area contributed by atoms with E-state index >= 15 is 0 Å². The number of carbonyl (C=O) groups is 1. The lowest BCUT2D eigenvalue weighted by atomic mass is 10.2. The van der Waals surface area contributed by atoms with Gasteiger partial charge in [-0.1, -0.05) is 0 Å². The number of benzene rings is 2. The van der Waals surface area contributed by atoms with Crippen LogP contribution in [0.15, 0.2) is 88.8 Å². The standard InChI is InChI=1S/C31H28FN7O4/c1-2-37-19-25(30(41)39(31(37)42)22-7-3-20(32)4-8-22)29(40)36-21-5-9-23(10-6-21)43-27-11-12-34-26-18-35-28(17-24(26)27)38-15-13-33-14-16-38/h3-12,17-19,33H,2,13-16H2,1H3,(H,36,40). The molecule has 11 nitrogen and oxygen atoms in total. The smallest absolute Gasteiger partial charge is 0.335 e. The summed E-state index contributed by atoms with van der Waals surface area (Å²) in [5.41, 5.74) is -0.379. The minimum absolute atomic E-state index is 0.161. The van der Waals surface area contributed by atoms with Gasteiger partial charge in [0.1, 0.15) is 28.7 Å². The molecule has 218 valence electrons. The Balaban J connectivity index is 1.23. The summed E-state index contributed by atoms with van der Waals surface area (Å²) in [6.45, 7) is 5.46. The molecule has 43 heavy (non-hydrogen) atoms. The van der Waals surface area contributed by atoms with Gasteiger partial charge in [-0.05, 0) is 67.6 Å². The molecule has 0 radical (unpaired) electrons. The van der Waals surface area contributed by atoms with Crippen LogP contribution in [-0.2, 0) is 6.54 Å². The molecule has 0 unspecified atom stereocenters. The Bertz CT molecular complexity index is 1920. The summed E-state index contributed by atoms with van der Waals surface area (Å²) >= 11 is 0. The molecule has 0 aliphatic carbocycles. The molecule has 2 aromatic carbocycles. The molecule has 1 saturated heterocycles. The van der Waals surface area contributed by atoms with Gasteiger partial charge < -0.3 is 20.3 Å². The second-order valence-electron chi connectivity index (χ2n) is 9.91. The fourth-order valence-electron chi connectivity index (χ4n) is 4.90. The average Bonchev–Trinajstić information content (AvgIpc) is 3.03. The van der Waals surface area contributed by atoms with Crippen LogP contribution in [0, 0.1) is 5.82 Å². The number of anilines is 2. The van der Waals surface area contributed by atoms with Crippen molar-refractivity contribution in [3.63, 3.8) is 0 Å². The monoisotopic (exact) mass is 581 g/mol. The van der Waals surface area contributed by atoms with Crippen molar-refractivity contribution in [2.75, 3.05) is 36.4 Å². The molecule has 1 aliphatic rings. The number of ether oxygens (including phenoxy) is 1. The van der Waals surface area contributed by atoms with Crippen molar-refractivity contribution in [1.82, 2.24) is 24.4 Å². The lowest BCUT2D eigenvalue weighted by molar-refractivity contribution is 0.102. The van der Waals surface area contributed by atoms with Crippen molar-refractivity contribution in [3.8, 4) is 17.2 Å². The first-order valence-corrected chi connectivity index (χ1v) is 13.8. The fraction of sp³-hybridized carbons (Fsp3) is 0.194. The Labute approximate surface area is 245 Å². The summed E-state index contributed by atoms with van der Waals surface area (Å²) < 4.78 is 21.7. The van der Waals surface area contributed by atoms with Crippen LogP contribution in [0.25, 0.3) is 16.6 Å². The Kier molecular flexibility index (Phi) is 7.67. The van der Waals surface area contributed by atoms with Gasteiger partial charge in [-0.2, -0.15) is 0 Å². The lowest BCUT2D eigenvalue weighted by Gasteiger charge is -2.28. The normalized spacial score (nSPS) is 13.2. The zero-order valence-corrected chi connectivity index (χ0v) is 23.3. The number of aromatic nitrogens is 4. The zero-order chi connectivity index (χ0) is 29.9.